The third-order valence-corrected chi connectivity index (χ3v) is 22.4. The first-order valence-electron chi connectivity index (χ1n) is 25.8. The van der Waals surface area contributed by atoms with Gasteiger partial charge in [0.1, 0.15) is 0 Å². The quantitative estimate of drug-likeness (QED) is 0.0486. The molecule has 5 heteroatoms. The van der Waals surface area contributed by atoms with E-state index in [2.05, 4.69) is 47.6 Å². The topological polar surface area (TPSA) is 43.4 Å². The molecule has 0 aromatic heterocycles. The van der Waals surface area contributed by atoms with E-state index in [0.717, 1.165) is 107 Å². The van der Waals surface area contributed by atoms with Crippen LogP contribution in [-0.2, 0) is 26.9 Å². The first-order chi connectivity index (χ1) is 27.8. The molecule has 57 heavy (non-hydrogen) atoms. The normalized spacial score (nSPS) is 13.0. The Morgan fingerprint density at radius 2 is 0.684 bits per heavy atom. The molecule has 0 unspecified atom stereocenters. The molecule has 0 bridgehead atoms. The maximum atomic E-state index is 15.0. The standard InChI is InChI=1S/C52H101O3PS/c1-7-13-19-21-23-25-27-29-31-33-35-37-39-42-50-43-41-45-52(51(50)44-40-38-36-34-32-30-28-26-24-22-20-14-8-2)57(53,54)55-56(46-15-9-3,47-16-10-4,48-17-11-5)49-18-12-6/h41,43,45H,7-40,42,44,46-49H2,1-6H3. The minimum atomic E-state index is -3.92. The van der Waals surface area contributed by atoms with E-state index in [9.17, 15) is 0 Å². The summed E-state index contributed by atoms with van der Waals surface area (Å²) in [6.45, 7) is 10.6. The molecule has 338 valence electrons. The third kappa shape index (κ3) is 24.6. The van der Waals surface area contributed by atoms with E-state index >= 15 is 8.42 Å². The monoisotopic (exact) mass is 837 g/mol. The average molecular weight is 837 g/mol. The predicted octanol–water partition coefficient (Wildman–Crippen LogP) is 18.3. The first-order valence-corrected chi connectivity index (χ1v) is 30.1. The number of unbranched alkanes of at least 4 members (excludes halogenated alkanes) is 28. The van der Waals surface area contributed by atoms with Gasteiger partial charge in [-0.1, -0.05) is 97.3 Å². The molecule has 0 aliphatic rings. The molecule has 0 fully saturated rings. The van der Waals surface area contributed by atoms with E-state index in [4.69, 9.17) is 3.97 Å². The molecule has 0 atom stereocenters. The van der Waals surface area contributed by atoms with E-state index in [1.54, 1.807) is 0 Å². The summed E-state index contributed by atoms with van der Waals surface area (Å²) in [5.41, 5.74) is 2.36. The summed E-state index contributed by atoms with van der Waals surface area (Å²) in [5, 5.41) is 0. The van der Waals surface area contributed by atoms with Gasteiger partial charge in [-0.25, -0.2) is 0 Å². The van der Waals surface area contributed by atoms with Crippen molar-refractivity contribution in [3.05, 3.63) is 29.3 Å². The van der Waals surface area contributed by atoms with Crippen LogP contribution >= 0.6 is 6.83 Å². The van der Waals surface area contributed by atoms with Crippen LogP contribution in [0.15, 0.2) is 23.1 Å². The Labute approximate surface area is 359 Å². The van der Waals surface area contributed by atoms with Crippen LogP contribution in [0.3, 0.4) is 0 Å². The zero-order valence-electron chi connectivity index (χ0n) is 39.6. The van der Waals surface area contributed by atoms with Gasteiger partial charge in [0.2, 0.25) is 0 Å². The van der Waals surface area contributed by atoms with Gasteiger partial charge in [0, 0.05) is 0 Å². The van der Waals surface area contributed by atoms with Gasteiger partial charge in [0.25, 0.3) is 0 Å². The van der Waals surface area contributed by atoms with Gasteiger partial charge >= 0.3 is 264 Å². The predicted molar refractivity (Wildman–Crippen MR) is 260 cm³/mol. The Kier molecular flexibility index (Phi) is 33.7. The Hall–Kier alpha value is -0.440. The third-order valence-electron chi connectivity index (χ3n) is 13.2. The van der Waals surface area contributed by atoms with Crippen molar-refractivity contribution in [2.75, 3.05) is 24.6 Å². The average Bonchev–Trinajstić information content (AvgIpc) is 3.21. The molecule has 0 aliphatic carbocycles. The van der Waals surface area contributed by atoms with Crippen molar-refractivity contribution >= 4 is 16.9 Å². The summed E-state index contributed by atoms with van der Waals surface area (Å²) in [5.74, 6) is 0. The van der Waals surface area contributed by atoms with E-state index in [0.29, 0.717) is 4.90 Å². The Morgan fingerprint density at radius 1 is 0.386 bits per heavy atom. The first kappa shape index (κ1) is 54.6. The van der Waals surface area contributed by atoms with Crippen LogP contribution in [0.5, 0.6) is 0 Å². The van der Waals surface area contributed by atoms with Crippen molar-refractivity contribution in [1.29, 1.82) is 0 Å². The Morgan fingerprint density at radius 3 is 1.02 bits per heavy atom. The summed E-state index contributed by atoms with van der Waals surface area (Å²) in [6, 6.07) is 6.20. The van der Waals surface area contributed by atoms with Crippen LogP contribution in [-0.4, -0.2) is 33.1 Å². The van der Waals surface area contributed by atoms with Crippen molar-refractivity contribution in [3.8, 4) is 0 Å². The molecule has 0 heterocycles. The molecule has 1 aromatic rings. The van der Waals surface area contributed by atoms with Gasteiger partial charge in [0.05, 0.1) is 0 Å². The molecular formula is C52H101O3PS. The SMILES string of the molecule is CCCCCCCCCCCCCCCc1cccc(S(=O)(=O)OP(CCCC)(CCCC)(CCCC)CCCC)c1CCCCCCCCCCCCCCC. The molecule has 3 nitrogen and oxygen atoms in total. The molecule has 1 rings (SSSR count). The van der Waals surface area contributed by atoms with Crippen molar-refractivity contribution in [2.45, 2.75) is 278 Å². The molecule has 0 spiro atoms. The minimum Gasteiger partial charge on any atom is -0.0654 e. The van der Waals surface area contributed by atoms with Gasteiger partial charge in [-0.15, -0.1) is 0 Å². The minimum absolute atomic E-state index is 0.517. The Balaban J connectivity index is 3.09. The molecule has 0 N–H and O–H groups in total. The van der Waals surface area contributed by atoms with Gasteiger partial charge in [0.15, 0.2) is 0 Å². The molecule has 0 saturated heterocycles. The van der Waals surface area contributed by atoms with Gasteiger partial charge < -0.3 is 0 Å². The van der Waals surface area contributed by atoms with Crippen LogP contribution in [0, 0.1) is 0 Å². The maximum absolute atomic E-state index is 15.0. The summed E-state index contributed by atoms with van der Waals surface area (Å²) in [7, 11) is -3.92. The molecular weight excluding hydrogens is 736 g/mol. The fourth-order valence-electron chi connectivity index (χ4n) is 9.39. The fourth-order valence-corrected chi connectivity index (χ4v) is 19.7. The second-order valence-corrected chi connectivity index (χ2v) is 26.0. The van der Waals surface area contributed by atoms with E-state index in [-0.39, 0.29) is 0 Å². The molecule has 1 aromatic carbocycles. The van der Waals surface area contributed by atoms with E-state index in [1.807, 2.05) is 12.1 Å². The number of rotatable bonds is 43. The molecule has 0 radical (unpaired) electrons. The summed E-state index contributed by atoms with van der Waals surface area (Å²) in [6.07, 6.45) is 49.1. The van der Waals surface area contributed by atoms with E-state index < -0.39 is 16.9 Å². The fraction of sp³-hybridized carbons (Fsp3) is 0.885. The molecule has 0 saturated carbocycles. The van der Waals surface area contributed by atoms with Crippen LogP contribution in [0.4, 0.5) is 0 Å². The second-order valence-electron chi connectivity index (χ2n) is 18.6. The number of hydrogen-bond donors (Lipinski definition) is 0. The number of hydrogen-bond acceptors (Lipinski definition) is 3. The summed E-state index contributed by atoms with van der Waals surface area (Å²) in [4.78, 5) is 0.517. The molecule has 0 amide bonds. The van der Waals surface area contributed by atoms with Gasteiger partial charge in [-0.3, -0.25) is 0 Å². The van der Waals surface area contributed by atoms with Crippen LogP contribution in [0.1, 0.15) is 271 Å². The van der Waals surface area contributed by atoms with E-state index in [1.165, 1.54) is 160 Å². The number of benzene rings is 1. The van der Waals surface area contributed by atoms with Crippen molar-refractivity contribution in [1.82, 2.24) is 0 Å². The van der Waals surface area contributed by atoms with Gasteiger partial charge in [-0.2, -0.15) is 0 Å². The zero-order valence-corrected chi connectivity index (χ0v) is 41.3. The Bertz CT molecular complexity index is 1120. The summed E-state index contributed by atoms with van der Waals surface area (Å²) >= 11 is 0. The zero-order chi connectivity index (χ0) is 41.8. The van der Waals surface area contributed by atoms with Gasteiger partial charge in [-0.05, 0) is 0 Å². The van der Waals surface area contributed by atoms with Crippen molar-refractivity contribution in [2.24, 2.45) is 0 Å². The van der Waals surface area contributed by atoms with Crippen LogP contribution in [0.25, 0.3) is 0 Å². The smallest absolute Gasteiger partial charge is 0.0654 e. The summed E-state index contributed by atoms with van der Waals surface area (Å²) < 4.78 is 37.2. The van der Waals surface area contributed by atoms with Crippen molar-refractivity contribution in [3.63, 3.8) is 0 Å². The van der Waals surface area contributed by atoms with Crippen molar-refractivity contribution < 1.29 is 12.4 Å². The number of aryl methyl sites for hydroxylation is 1. The molecule has 0 aliphatic heterocycles. The van der Waals surface area contributed by atoms with Crippen LogP contribution < -0.4 is 0 Å². The van der Waals surface area contributed by atoms with Crippen LogP contribution in [0.2, 0.25) is 0 Å². The second kappa shape index (κ2) is 35.2.